The summed E-state index contributed by atoms with van der Waals surface area (Å²) in [6, 6.07) is 15.7. The minimum absolute atomic E-state index is 0.0859. The van der Waals surface area contributed by atoms with Crippen LogP contribution in [-0.4, -0.2) is 11.2 Å². The summed E-state index contributed by atoms with van der Waals surface area (Å²) >= 11 is 4.72. The third-order valence-corrected chi connectivity index (χ3v) is 4.60. The highest BCUT2D eigenvalue weighted by Gasteiger charge is 2.07. The van der Waals surface area contributed by atoms with Crippen LogP contribution in [0.3, 0.4) is 0 Å². The van der Waals surface area contributed by atoms with Gasteiger partial charge in [0.1, 0.15) is 5.75 Å². The van der Waals surface area contributed by atoms with Gasteiger partial charge in [-0.1, -0.05) is 45.5 Å². The zero-order chi connectivity index (χ0) is 14.7. The highest BCUT2D eigenvalue weighted by atomic mass is 79.9. The Hall–Kier alpha value is -1.59. The topological polar surface area (TPSA) is 31.2 Å². The lowest BCUT2D eigenvalue weighted by Gasteiger charge is -2.07. The number of halogens is 1. The van der Waals surface area contributed by atoms with Crippen molar-refractivity contribution < 1.29 is 4.74 Å². The molecule has 3 nitrogen and oxygen atoms in total. The number of fused-ring (bicyclic) bond motifs is 1. The number of hydrogen-bond donors (Lipinski definition) is 0. The first-order valence-electron chi connectivity index (χ1n) is 6.71. The van der Waals surface area contributed by atoms with Gasteiger partial charge in [0.2, 0.25) is 0 Å². The van der Waals surface area contributed by atoms with Gasteiger partial charge in [0.15, 0.2) is 0 Å². The zero-order valence-corrected chi connectivity index (χ0v) is 13.7. The van der Waals surface area contributed by atoms with Crippen molar-refractivity contribution in [2.45, 2.75) is 13.0 Å². The summed E-state index contributed by atoms with van der Waals surface area (Å²) in [6.07, 6.45) is 0.802. The molecule has 3 rings (SSSR count). The number of thiazole rings is 1. The SMILES string of the molecule is O=c1sc2cc(Br)ccc2n1CCCOc1ccccc1. The number of rotatable bonds is 5. The Labute approximate surface area is 134 Å². The van der Waals surface area contributed by atoms with Crippen LogP contribution in [0.15, 0.2) is 57.8 Å². The second-order valence-corrected chi connectivity index (χ2v) is 6.56. The molecule has 0 aliphatic carbocycles. The van der Waals surface area contributed by atoms with Crippen LogP contribution >= 0.6 is 27.3 Å². The number of aromatic nitrogens is 1. The third kappa shape index (κ3) is 3.36. The summed E-state index contributed by atoms with van der Waals surface area (Å²) in [5, 5.41) is 0. The lowest BCUT2D eigenvalue weighted by molar-refractivity contribution is 0.302. The number of aryl methyl sites for hydroxylation is 1. The molecule has 0 amide bonds. The molecule has 3 aromatic rings. The molecule has 0 bridgehead atoms. The van der Waals surface area contributed by atoms with E-state index in [4.69, 9.17) is 4.74 Å². The fraction of sp³-hybridized carbons (Fsp3) is 0.188. The molecule has 5 heteroatoms. The summed E-state index contributed by atoms with van der Waals surface area (Å²) in [5.41, 5.74) is 0.993. The summed E-state index contributed by atoms with van der Waals surface area (Å²) in [4.78, 5) is 12.1. The fourth-order valence-electron chi connectivity index (χ4n) is 2.18. The lowest BCUT2D eigenvalue weighted by atomic mass is 10.3. The van der Waals surface area contributed by atoms with Crippen LogP contribution in [0.25, 0.3) is 10.2 Å². The van der Waals surface area contributed by atoms with Gasteiger partial charge >= 0.3 is 4.87 Å². The number of ether oxygens (including phenoxy) is 1. The quantitative estimate of drug-likeness (QED) is 0.633. The Bertz CT molecular complexity index is 795. The molecule has 0 N–H and O–H groups in total. The Kier molecular flexibility index (Phi) is 4.41. The summed E-state index contributed by atoms with van der Waals surface area (Å²) in [7, 11) is 0. The van der Waals surface area contributed by atoms with Gasteiger partial charge in [-0.2, -0.15) is 0 Å². The highest BCUT2D eigenvalue weighted by molar-refractivity contribution is 9.10. The second-order valence-electron chi connectivity index (χ2n) is 4.65. The molecule has 108 valence electrons. The monoisotopic (exact) mass is 363 g/mol. The molecule has 0 atom stereocenters. The predicted octanol–water partition coefficient (Wildman–Crippen LogP) is 4.29. The molecule has 2 aromatic carbocycles. The molecule has 0 unspecified atom stereocenters. The first kappa shape index (κ1) is 14.4. The molecular formula is C16H14BrNO2S. The van der Waals surface area contributed by atoms with Crippen molar-refractivity contribution in [3.63, 3.8) is 0 Å². The van der Waals surface area contributed by atoms with Crippen molar-refractivity contribution in [3.05, 3.63) is 62.7 Å². The van der Waals surface area contributed by atoms with E-state index in [-0.39, 0.29) is 4.87 Å². The Balaban J connectivity index is 1.66. The van der Waals surface area contributed by atoms with Gasteiger partial charge < -0.3 is 4.74 Å². The third-order valence-electron chi connectivity index (χ3n) is 3.17. The van der Waals surface area contributed by atoms with Crippen LogP contribution in [-0.2, 0) is 6.54 Å². The minimum atomic E-state index is 0.0859. The van der Waals surface area contributed by atoms with E-state index >= 15 is 0 Å². The van der Waals surface area contributed by atoms with Crippen molar-refractivity contribution >= 4 is 37.5 Å². The van der Waals surface area contributed by atoms with E-state index in [1.54, 1.807) is 0 Å². The molecule has 0 saturated heterocycles. The maximum absolute atomic E-state index is 12.0. The van der Waals surface area contributed by atoms with Crippen LogP contribution in [0.2, 0.25) is 0 Å². The summed E-state index contributed by atoms with van der Waals surface area (Å²) < 4.78 is 9.48. The normalized spacial score (nSPS) is 10.9. The molecule has 0 aliphatic heterocycles. The van der Waals surface area contributed by atoms with Gasteiger partial charge in [-0.05, 0) is 36.8 Å². The standard InChI is InChI=1S/C16H14BrNO2S/c17-12-7-8-14-15(11-12)21-16(19)18(14)9-4-10-20-13-5-2-1-3-6-13/h1-3,5-8,11H,4,9-10H2. The molecule has 0 radical (unpaired) electrons. The lowest BCUT2D eigenvalue weighted by Crippen LogP contribution is -2.14. The molecule has 0 saturated carbocycles. The first-order chi connectivity index (χ1) is 10.2. The number of hydrogen-bond acceptors (Lipinski definition) is 3. The molecule has 1 heterocycles. The number of para-hydroxylation sites is 1. The van der Waals surface area contributed by atoms with Crippen molar-refractivity contribution in [2.24, 2.45) is 0 Å². The van der Waals surface area contributed by atoms with Crippen LogP contribution in [0.4, 0.5) is 0 Å². The Morgan fingerprint density at radius 1 is 1.14 bits per heavy atom. The molecule has 1 aromatic heterocycles. The summed E-state index contributed by atoms with van der Waals surface area (Å²) in [6.45, 7) is 1.28. The van der Waals surface area contributed by atoms with Crippen LogP contribution in [0.1, 0.15) is 6.42 Å². The summed E-state index contributed by atoms with van der Waals surface area (Å²) in [5.74, 6) is 0.865. The molecule has 0 fully saturated rings. The Morgan fingerprint density at radius 2 is 1.95 bits per heavy atom. The van der Waals surface area contributed by atoms with Gasteiger partial charge in [-0.3, -0.25) is 9.36 Å². The van der Waals surface area contributed by atoms with E-state index in [0.29, 0.717) is 13.2 Å². The highest BCUT2D eigenvalue weighted by Crippen LogP contribution is 2.22. The largest absolute Gasteiger partial charge is 0.494 e. The average Bonchev–Trinajstić information content (AvgIpc) is 2.79. The van der Waals surface area contributed by atoms with E-state index in [0.717, 1.165) is 26.9 Å². The van der Waals surface area contributed by atoms with Crippen LogP contribution < -0.4 is 9.61 Å². The van der Waals surface area contributed by atoms with Gasteiger partial charge in [0.05, 0.1) is 16.8 Å². The molecule has 0 spiro atoms. The molecule has 21 heavy (non-hydrogen) atoms. The smallest absolute Gasteiger partial charge is 0.308 e. The van der Waals surface area contributed by atoms with E-state index < -0.39 is 0 Å². The second kappa shape index (κ2) is 6.45. The van der Waals surface area contributed by atoms with E-state index in [9.17, 15) is 4.79 Å². The maximum atomic E-state index is 12.0. The van der Waals surface area contributed by atoms with Crippen LogP contribution in [0.5, 0.6) is 5.75 Å². The molecular weight excluding hydrogens is 350 g/mol. The van der Waals surface area contributed by atoms with E-state index in [1.165, 1.54) is 11.3 Å². The Morgan fingerprint density at radius 3 is 2.76 bits per heavy atom. The van der Waals surface area contributed by atoms with Gasteiger partial charge in [-0.15, -0.1) is 0 Å². The van der Waals surface area contributed by atoms with Gasteiger partial charge in [0, 0.05) is 11.0 Å². The number of benzene rings is 2. The van der Waals surface area contributed by atoms with Crippen molar-refractivity contribution in [1.82, 2.24) is 4.57 Å². The number of nitrogens with zero attached hydrogens (tertiary/aromatic N) is 1. The van der Waals surface area contributed by atoms with Gasteiger partial charge in [-0.25, -0.2) is 0 Å². The first-order valence-corrected chi connectivity index (χ1v) is 8.32. The van der Waals surface area contributed by atoms with Crippen LogP contribution in [0, 0.1) is 0 Å². The minimum Gasteiger partial charge on any atom is -0.494 e. The van der Waals surface area contributed by atoms with E-state index in [2.05, 4.69) is 15.9 Å². The zero-order valence-electron chi connectivity index (χ0n) is 11.3. The molecule has 0 aliphatic rings. The van der Waals surface area contributed by atoms with Crippen molar-refractivity contribution in [3.8, 4) is 5.75 Å². The predicted molar refractivity (Wildman–Crippen MR) is 90.3 cm³/mol. The van der Waals surface area contributed by atoms with Crippen molar-refractivity contribution in [1.29, 1.82) is 0 Å². The van der Waals surface area contributed by atoms with Gasteiger partial charge in [0.25, 0.3) is 0 Å². The van der Waals surface area contributed by atoms with Crippen molar-refractivity contribution in [2.75, 3.05) is 6.61 Å². The average molecular weight is 364 g/mol. The van der Waals surface area contributed by atoms with E-state index in [1.807, 2.05) is 53.1 Å². The fourth-order valence-corrected chi connectivity index (χ4v) is 3.65. The maximum Gasteiger partial charge on any atom is 0.308 e.